The number of aromatic nitrogens is 3. The first kappa shape index (κ1) is 27.5. The Bertz CT molecular complexity index is 1330. The lowest BCUT2D eigenvalue weighted by molar-refractivity contribution is -0.719. The van der Waals surface area contributed by atoms with E-state index in [0.717, 1.165) is 11.1 Å². The third-order valence-corrected chi connectivity index (χ3v) is 8.73. The Kier molecular flexibility index (Phi) is 8.27. The van der Waals surface area contributed by atoms with E-state index in [-0.39, 0.29) is 17.3 Å². The maximum Gasteiger partial charge on any atom is 0.301 e. The number of nitrogens with zero attached hydrogens (tertiary/aromatic N) is 5. The van der Waals surface area contributed by atoms with Crippen molar-refractivity contribution in [3.8, 4) is 0 Å². The van der Waals surface area contributed by atoms with E-state index in [9.17, 15) is 19.5 Å². The average Bonchev–Trinajstić information content (AvgIpc) is 3.31. The van der Waals surface area contributed by atoms with Crippen molar-refractivity contribution >= 4 is 75.6 Å². The van der Waals surface area contributed by atoms with Crippen LogP contribution in [0.25, 0.3) is 0 Å². The lowest BCUT2D eigenvalue weighted by atomic mass is 10.0. The molecule has 2 aliphatic heterocycles. The second kappa shape index (κ2) is 11.4. The molecule has 1 saturated heterocycles. The second-order valence-corrected chi connectivity index (χ2v) is 11.1. The largest absolute Gasteiger partial charge is 0.543 e. The number of β-lactam (4-membered cyclic amide) rings is 1. The second-order valence-electron chi connectivity index (χ2n) is 8.15. The summed E-state index contributed by atoms with van der Waals surface area (Å²) in [5.41, 5.74) is 18.3. The van der Waals surface area contributed by atoms with Gasteiger partial charge in [0.15, 0.2) is 11.2 Å². The van der Waals surface area contributed by atoms with Crippen molar-refractivity contribution in [1.82, 2.24) is 20.2 Å². The number of rotatable bonds is 10. The predicted octanol–water partition coefficient (Wildman–Crippen LogP) is -1.15. The summed E-state index contributed by atoms with van der Waals surface area (Å²) in [6.45, 7) is 4.13. The normalized spacial score (nSPS) is 19.7. The number of carboxylic acids is 1. The predicted molar refractivity (Wildman–Crippen MR) is 141 cm³/mol. The number of carboxylic acid groups (broad SMARTS) is 1. The molecule has 1 fully saturated rings. The number of carbonyl (C=O) groups is 3. The number of anilines is 3. The smallest absolute Gasteiger partial charge is 0.301 e. The first-order valence-electron chi connectivity index (χ1n) is 11.3. The van der Waals surface area contributed by atoms with E-state index in [0.29, 0.717) is 39.7 Å². The van der Waals surface area contributed by atoms with E-state index < -0.39 is 35.3 Å². The number of nitrogen functional groups attached to an aromatic ring is 3. The summed E-state index contributed by atoms with van der Waals surface area (Å²) in [5.74, 6) is -1.48. The van der Waals surface area contributed by atoms with Gasteiger partial charge >= 0.3 is 5.16 Å². The molecule has 2 amide bonds. The SMILES string of the molecule is CC[n+]1c(N)cc(N)nc1SCC1=C(C(=O)[O-])N2C(=O)C(NC(=O)/C=N\OC(C)c3csc(N)n3)C2SC1. The molecule has 38 heavy (non-hydrogen) atoms. The standard InChI is InChI=1S/C21H25N9O5S3/c1-3-29-13(23)4-12(22)27-21(29)38-7-10-6-36-18-15(17(32)30(18)16(10)19(33)34)28-14(31)5-25-35-9(2)11-8-37-20(24)26-11/h4-5,8-9,15,18H,3,6-7H2,1-2H3,(H7,22,23,24,26,28,31,33,34)/b25-5-. The van der Waals surface area contributed by atoms with Gasteiger partial charge in [0.1, 0.15) is 17.6 Å². The summed E-state index contributed by atoms with van der Waals surface area (Å²) in [6.07, 6.45) is 0.376. The Labute approximate surface area is 229 Å². The summed E-state index contributed by atoms with van der Waals surface area (Å²) >= 11 is 3.85. The fourth-order valence-corrected chi connectivity index (χ4v) is 7.03. The maximum atomic E-state index is 12.8. The van der Waals surface area contributed by atoms with Gasteiger partial charge in [0, 0.05) is 16.9 Å². The average molecular weight is 580 g/mol. The van der Waals surface area contributed by atoms with Gasteiger partial charge in [-0.05, 0) is 31.2 Å². The molecule has 14 nitrogen and oxygen atoms in total. The molecule has 0 spiro atoms. The lowest BCUT2D eigenvalue weighted by Crippen LogP contribution is -2.71. The van der Waals surface area contributed by atoms with Gasteiger partial charge in [0.25, 0.3) is 11.8 Å². The fraction of sp³-hybridized carbons (Fsp3) is 0.381. The van der Waals surface area contributed by atoms with E-state index in [1.807, 2.05) is 6.92 Å². The van der Waals surface area contributed by atoms with Crippen LogP contribution in [-0.2, 0) is 25.8 Å². The Morgan fingerprint density at radius 1 is 1.42 bits per heavy atom. The van der Waals surface area contributed by atoms with Crippen LogP contribution in [0.2, 0.25) is 0 Å². The van der Waals surface area contributed by atoms with Crippen LogP contribution in [0.15, 0.2) is 33.0 Å². The Hall–Kier alpha value is -3.57. The number of nitrogens with one attached hydrogen (secondary N) is 1. The number of thiazole rings is 1. The van der Waals surface area contributed by atoms with Gasteiger partial charge < -0.3 is 37.3 Å². The van der Waals surface area contributed by atoms with Crippen LogP contribution in [0.4, 0.5) is 16.8 Å². The molecule has 4 rings (SSSR count). The van der Waals surface area contributed by atoms with E-state index >= 15 is 0 Å². The number of hydrogen-bond acceptors (Lipinski definition) is 14. The Balaban J connectivity index is 1.39. The quantitative estimate of drug-likeness (QED) is 0.0655. The first-order valence-corrected chi connectivity index (χ1v) is 14.2. The molecule has 0 saturated carbocycles. The van der Waals surface area contributed by atoms with Crippen LogP contribution in [0.5, 0.6) is 0 Å². The van der Waals surface area contributed by atoms with Gasteiger partial charge in [-0.25, -0.2) is 9.55 Å². The van der Waals surface area contributed by atoms with Crippen molar-refractivity contribution in [3.63, 3.8) is 0 Å². The molecule has 3 atom stereocenters. The molecule has 2 aliphatic rings. The highest BCUT2D eigenvalue weighted by Gasteiger charge is 2.52. The van der Waals surface area contributed by atoms with Gasteiger partial charge in [-0.1, -0.05) is 10.1 Å². The summed E-state index contributed by atoms with van der Waals surface area (Å²) in [5, 5.41) is 20.2. The minimum Gasteiger partial charge on any atom is -0.543 e. The monoisotopic (exact) mass is 579 g/mol. The molecular formula is C21H25N9O5S3. The molecule has 4 heterocycles. The van der Waals surface area contributed by atoms with E-state index in [2.05, 4.69) is 20.4 Å². The van der Waals surface area contributed by atoms with Gasteiger partial charge in [-0.3, -0.25) is 14.5 Å². The first-order chi connectivity index (χ1) is 18.1. The number of nitrogens with two attached hydrogens (primary N) is 3. The zero-order valence-electron chi connectivity index (χ0n) is 20.3. The number of amides is 2. The third kappa shape index (κ3) is 5.63. The lowest BCUT2D eigenvalue weighted by Gasteiger charge is -2.50. The molecule has 0 radical (unpaired) electrons. The number of oxime groups is 1. The summed E-state index contributed by atoms with van der Waals surface area (Å²) in [4.78, 5) is 51.9. The molecule has 7 N–H and O–H groups in total. The molecule has 2 aromatic rings. The molecule has 0 aliphatic carbocycles. The maximum absolute atomic E-state index is 12.8. The van der Waals surface area contributed by atoms with Crippen LogP contribution in [0.3, 0.4) is 0 Å². The Morgan fingerprint density at radius 2 is 2.18 bits per heavy atom. The van der Waals surface area contributed by atoms with Crippen molar-refractivity contribution < 1.29 is 28.9 Å². The number of thioether (sulfide) groups is 2. The highest BCUT2D eigenvalue weighted by atomic mass is 32.2. The summed E-state index contributed by atoms with van der Waals surface area (Å²) in [7, 11) is 0. The summed E-state index contributed by atoms with van der Waals surface area (Å²) in [6, 6.07) is 0.623. The summed E-state index contributed by atoms with van der Waals surface area (Å²) < 4.78 is 1.75. The third-order valence-electron chi connectivity index (χ3n) is 5.64. The minimum absolute atomic E-state index is 0.204. The van der Waals surface area contributed by atoms with Crippen molar-refractivity contribution in [1.29, 1.82) is 0 Å². The zero-order chi connectivity index (χ0) is 27.6. The highest BCUT2D eigenvalue weighted by molar-refractivity contribution is 8.01. The van der Waals surface area contributed by atoms with Crippen molar-refractivity contribution in [3.05, 3.63) is 28.4 Å². The molecule has 0 aromatic carbocycles. The number of fused-ring (bicyclic) bond motifs is 1. The van der Waals surface area contributed by atoms with Crippen LogP contribution < -0.4 is 32.2 Å². The molecular weight excluding hydrogens is 554 g/mol. The minimum atomic E-state index is -1.47. The molecule has 3 unspecified atom stereocenters. The van der Waals surface area contributed by atoms with Gasteiger partial charge in [0.2, 0.25) is 11.6 Å². The van der Waals surface area contributed by atoms with Crippen LogP contribution in [0, 0.1) is 0 Å². The van der Waals surface area contributed by atoms with Gasteiger partial charge in [0.05, 0.1) is 30.0 Å². The topological polar surface area (TPSA) is 219 Å². The van der Waals surface area contributed by atoms with Crippen molar-refractivity contribution in [2.75, 3.05) is 28.7 Å². The van der Waals surface area contributed by atoms with Crippen LogP contribution in [-0.4, -0.2) is 61.8 Å². The number of aliphatic carboxylic acids is 1. The molecule has 2 aromatic heterocycles. The van der Waals surface area contributed by atoms with Crippen molar-refractivity contribution in [2.24, 2.45) is 5.16 Å². The molecule has 0 bridgehead atoms. The van der Waals surface area contributed by atoms with E-state index in [1.165, 1.54) is 34.9 Å². The van der Waals surface area contributed by atoms with Gasteiger partial charge in [-0.15, -0.1) is 23.1 Å². The van der Waals surface area contributed by atoms with Crippen molar-refractivity contribution in [2.45, 2.75) is 43.1 Å². The van der Waals surface area contributed by atoms with Crippen LogP contribution >= 0.6 is 34.9 Å². The molecule has 202 valence electrons. The highest BCUT2D eigenvalue weighted by Crippen LogP contribution is 2.41. The van der Waals surface area contributed by atoms with E-state index in [1.54, 1.807) is 22.9 Å². The number of carbonyl (C=O) groups excluding carboxylic acids is 3. The Morgan fingerprint density at radius 3 is 2.84 bits per heavy atom. The van der Waals surface area contributed by atoms with E-state index in [4.69, 9.17) is 22.0 Å². The number of hydrogen-bond donors (Lipinski definition) is 4. The molecule has 17 heteroatoms. The fourth-order valence-electron chi connectivity index (χ4n) is 3.81. The zero-order valence-corrected chi connectivity index (χ0v) is 22.8. The van der Waals surface area contributed by atoms with Crippen LogP contribution in [0.1, 0.15) is 25.6 Å². The van der Waals surface area contributed by atoms with Gasteiger partial charge in [-0.2, -0.15) is 0 Å².